The molecule has 0 saturated carbocycles. The first-order chi connectivity index (χ1) is 9.26. The topological polar surface area (TPSA) is 55.5 Å². The third kappa shape index (κ3) is 3.06. The highest BCUT2D eigenvalue weighted by atomic mass is 16.5. The molecule has 0 amide bonds. The number of phenols is 1. The van der Waals surface area contributed by atoms with Crippen molar-refractivity contribution in [1.82, 2.24) is 0 Å². The Balaban J connectivity index is 2.24. The monoisotopic (exact) mass is 257 g/mol. The number of ether oxygens (including phenoxy) is 1. The largest absolute Gasteiger partial charge is 0.504 e. The minimum absolute atomic E-state index is 0.194. The number of phenolic OH excluding ortho intramolecular Hbond substituents is 1. The molecule has 0 saturated heterocycles. The molecule has 3 heteroatoms. The number of hydrogen-bond acceptors (Lipinski definition) is 3. The van der Waals surface area contributed by atoms with Crippen LogP contribution in [0.2, 0.25) is 0 Å². The van der Waals surface area contributed by atoms with E-state index < -0.39 is 0 Å². The molecule has 0 spiro atoms. The van der Waals surface area contributed by atoms with Crippen LogP contribution in [-0.4, -0.2) is 18.8 Å². The number of aromatic hydroxyl groups is 1. The van der Waals surface area contributed by atoms with Gasteiger partial charge in [0.25, 0.3) is 0 Å². The molecule has 2 rings (SSSR count). The first kappa shape index (κ1) is 13.4. The molecule has 2 aromatic rings. The third-order valence-electron chi connectivity index (χ3n) is 3.32. The molecule has 0 bridgehead atoms. The quantitative estimate of drug-likeness (QED) is 0.866. The van der Waals surface area contributed by atoms with Gasteiger partial charge in [-0.25, -0.2) is 0 Å². The van der Waals surface area contributed by atoms with Crippen LogP contribution in [0.1, 0.15) is 17.0 Å². The van der Waals surface area contributed by atoms with Crippen molar-refractivity contribution in [2.24, 2.45) is 5.73 Å². The number of benzene rings is 2. The molecule has 0 radical (unpaired) electrons. The molecular weight excluding hydrogens is 238 g/mol. The molecule has 3 N–H and O–H groups in total. The van der Waals surface area contributed by atoms with Gasteiger partial charge in [0.2, 0.25) is 0 Å². The van der Waals surface area contributed by atoms with Crippen LogP contribution in [0.4, 0.5) is 0 Å². The van der Waals surface area contributed by atoms with Crippen LogP contribution in [0.25, 0.3) is 0 Å². The Morgan fingerprint density at radius 2 is 1.84 bits per heavy atom. The Bertz CT molecular complexity index is 526. The van der Waals surface area contributed by atoms with Crippen molar-refractivity contribution in [3.8, 4) is 11.5 Å². The number of rotatable bonds is 5. The van der Waals surface area contributed by atoms with Crippen molar-refractivity contribution >= 4 is 0 Å². The summed E-state index contributed by atoms with van der Waals surface area (Å²) in [4.78, 5) is 0. The van der Waals surface area contributed by atoms with Crippen LogP contribution in [0.15, 0.2) is 48.5 Å². The molecule has 3 nitrogen and oxygen atoms in total. The second kappa shape index (κ2) is 6.25. The van der Waals surface area contributed by atoms with E-state index in [2.05, 4.69) is 12.1 Å². The molecule has 0 aliphatic carbocycles. The number of para-hydroxylation sites is 1. The maximum absolute atomic E-state index is 10.1. The van der Waals surface area contributed by atoms with E-state index in [4.69, 9.17) is 10.5 Å². The molecule has 0 aliphatic rings. The summed E-state index contributed by atoms with van der Waals surface area (Å²) < 4.78 is 5.13. The molecule has 1 atom stereocenters. The predicted molar refractivity (Wildman–Crippen MR) is 76.6 cm³/mol. The number of hydrogen-bond donors (Lipinski definition) is 2. The van der Waals surface area contributed by atoms with Crippen molar-refractivity contribution in [1.29, 1.82) is 0 Å². The smallest absolute Gasteiger partial charge is 0.160 e. The summed E-state index contributed by atoms with van der Waals surface area (Å²) in [5.41, 5.74) is 7.91. The first-order valence-corrected chi connectivity index (χ1v) is 6.36. The molecular formula is C16H19NO2. The Hall–Kier alpha value is -2.00. The molecule has 1 unspecified atom stereocenters. The van der Waals surface area contributed by atoms with Gasteiger partial charge < -0.3 is 15.6 Å². The Morgan fingerprint density at radius 3 is 2.47 bits per heavy atom. The summed E-state index contributed by atoms with van der Waals surface area (Å²) in [6, 6.07) is 15.7. The van der Waals surface area contributed by atoms with Gasteiger partial charge in [-0.15, -0.1) is 0 Å². The first-order valence-electron chi connectivity index (χ1n) is 6.36. The highest BCUT2D eigenvalue weighted by Gasteiger charge is 2.14. The van der Waals surface area contributed by atoms with Gasteiger partial charge in [0, 0.05) is 5.92 Å². The lowest BCUT2D eigenvalue weighted by molar-refractivity contribution is 0.370. The second-order valence-electron chi connectivity index (χ2n) is 4.52. The van der Waals surface area contributed by atoms with E-state index in [1.807, 2.05) is 30.3 Å². The van der Waals surface area contributed by atoms with Crippen LogP contribution in [-0.2, 0) is 6.42 Å². The van der Waals surface area contributed by atoms with Crippen LogP contribution in [0.3, 0.4) is 0 Å². The maximum atomic E-state index is 10.1. The second-order valence-corrected chi connectivity index (χ2v) is 4.52. The molecule has 0 heterocycles. The fourth-order valence-corrected chi connectivity index (χ4v) is 2.23. The average Bonchev–Trinajstić information content (AvgIpc) is 2.47. The Kier molecular flexibility index (Phi) is 4.42. The minimum Gasteiger partial charge on any atom is -0.504 e. The minimum atomic E-state index is 0.194. The van der Waals surface area contributed by atoms with Gasteiger partial charge in [0.05, 0.1) is 7.11 Å². The van der Waals surface area contributed by atoms with Crippen molar-refractivity contribution in [3.63, 3.8) is 0 Å². The highest BCUT2D eigenvalue weighted by molar-refractivity contribution is 5.46. The molecule has 100 valence electrons. The lowest BCUT2D eigenvalue weighted by Gasteiger charge is -2.17. The summed E-state index contributed by atoms with van der Waals surface area (Å²) in [6.45, 7) is 0.542. The van der Waals surface area contributed by atoms with E-state index in [0.29, 0.717) is 18.7 Å². The summed E-state index contributed by atoms with van der Waals surface area (Å²) >= 11 is 0. The Labute approximate surface area is 113 Å². The van der Waals surface area contributed by atoms with Crippen LogP contribution < -0.4 is 10.5 Å². The molecule has 0 aromatic heterocycles. The van der Waals surface area contributed by atoms with Crippen molar-refractivity contribution in [2.75, 3.05) is 13.7 Å². The van der Waals surface area contributed by atoms with E-state index in [0.717, 1.165) is 5.56 Å². The lowest BCUT2D eigenvalue weighted by Crippen LogP contribution is -2.15. The predicted octanol–water partition coefficient (Wildman–Crippen LogP) is 2.69. The van der Waals surface area contributed by atoms with Crippen LogP contribution in [0, 0.1) is 0 Å². The van der Waals surface area contributed by atoms with E-state index in [-0.39, 0.29) is 11.7 Å². The average molecular weight is 257 g/mol. The summed E-state index contributed by atoms with van der Waals surface area (Å²) in [7, 11) is 1.55. The fraction of sp³-hybridized carbons (Fsp3) is 0.250. The summed E-state index contributed by atoms with van der Waals surface area (Å²) in [5.74, 6) is 0.903. The third-order valence-corrected chi connectivity index (χ3v) is 3.32. The van der Waals surface area contributed by atoms with Crippen LogP contribution in [0.5, 0.6) is 11.5 Å². The standard InChI is InChI=1S/C16H19NO2/c1-19-15-9-5-8-13(16(15)18)10-14(11-17)12-6-3-2-4-7-12/h2-9,14,18H,10-11,17H2,1H3. The molecule has 0 fully saturated rings. The van der Waals surface area contributed by atoms with E-state index >= 15 is 0 Å². The van der Waals surface area contributed by atoms with Gasteiger partial charge in [-0.3, -0.25) is 0 Å². The van der Waals surface area contributed by atoms with Gasteiger partial charge in [-0.1, -0.05) is 42.5 Å². The van der Waals surface area contributed by atoms with E-state index in [9.17, 15) is 5.11 Å². The lowest BCUT2D eigenvalue weighted by atomic mass is 9.91. The van der Waals surface area contributed by atoms with E-state index in [1.54, 1.807) is 13.2 Å². The van der Waals surface area contributed by atoms with Crippen LogP contribution >= 0.6 is 0 Å². The zero-order valence-corrected chi connectivity index (χ0v) is 11.0. The summed E-state index contributed by atoms with van der Waals surface area (Å²) in [6.07, 6.45) is 0.698. The van der Waals surface area contributed by atoms with Gasteiger partial charge in [-0.05, 0) is 30.2 Å². The van der Waals surface area contributed by atoms with Crippen molar-refractivity contribution in [3.05, 3.63) is 59.7 Å². The SMILES string of the molecule is COc1cccc(CC(CN)c2ccccc2)c1O. The molecule has 19 heavy (non-hydrogen) atoms. The van der Waals surface area contributed by atoms with Gasteiger partial charge in [-0.2, -0.15) is 0 Å². The molecule has 2 aromatic carbocycles. The zero-order chi connectivity index (χ0) is 13.7. The maximum Gasteiger partial charge on any atom is 0.160 e. The Morgan fingerprint density at radius 1 is 1.11 bits per heavy atom. The van der Waals surface area contributed by atoms with Crippen molar-refractivity contribution < 1.29 is 9.84 Å². The zero-order valence-electron chi connectivity index (χ0n) is 11.0. The number of methoxy groups -OCH3 is 1. The highest BCUT2D eigenvalue weighted by Crippen LogP contribution is 2.32. The van der Waals surface area contributed by atoms with Gasteiger partial charge in [0.15, 0.2) is 11.5 Å². The normalized spacial score (nSPS) is 12.1. The molecule has 0 aliphatic heterocycles. The van der Waals surface area contributed by atoms with Crippen molar-refractivity contribution in [2.45, 2.75) is 12.3 Å². The summed E-state index contributed by atoms with van der Waals surface area (Å²) in [5, 5.41) is 10.1. The van der Waals surface area contributed by atoms with Gasteiger partial charge >= 0.3 is 0 Å². The van der Waals surface area contributed by atoms with E-state index in [1.165, 1.54) is 5.56 Å². The number of nitrogens with two attached hydrogens (primary N) is 1. The fourth-order valence-electron chi connectivity index (χ4n) is 2.23. The van der Waals surface area contributed by atoms with Gasteiger partial charge in [0.1, 0.15) is 0 Å².